The molecule has 8 nitrogen and oxygen atoms in total. The summed E-state index contributed by atoms with van der Waals surface area (Å²) >= 11 is 6.18. The number of nitrogens with one attached hydrogen (secondary N) is 1. The highest BCUT2D eigenvalue weighted by atomic mass is 35.5. The van der Waals surface area contributed by atoms with Gasteiger partial charge in [-0.1, -0.05) is 44.7 Å². The summed E-state index contributed by atoms with van der Waals surface area (Å²) < 4.78 is 10.7. The van der Waals surface area contributed by atoms with E-state index in [1.807, 2.05) is 24.3 Å². The first-order valence-electron chi connectivity index (χ1n) is 15.6. The van der Waals surface area contributed by atoms with Crippen molar-refractivity contribution in [2.45, 2.75) is 95.1 Å². The van der Waals surface area contributed by atoms with Gasteiger partial charge < -0.3 is 14.8 Å². The van der Waals surface area contributed by atoms with Crippen LogP contribution in [0, 0.1) is 17.8 Å². The normalized spacial score (nSPS) is 23.6. The van der Waals surface area contributed by atoms with Crippen molar-refractivity contribution in [1.29, 1.82) is 0 Å². The van der Waals surface area contributed by atoms with Gasteiger partial charge in [0.2, 0.25) is 5.91 Å². The van der Waals surface area contributed by atoms with E-state index in [1.54, 1.807) is 21.0 Å². The van der Waals surface area contributed by atoms with Crippen LogP contribution in [0.4, 0.5) is 0 Å². The second-order valence-corrected chi connectivity index (χ2v) is 13.5. The number of halogens is 1. The van der Waals surface area contributed by atoms with E-state index in [0.29, 0.717) is 37.7 Å². The number of amides is 1. The third-order valence-electron chi connectivity index (χ3n) is 9.21. The molecule has 4 unspecified atom stereocenters. The van der Waals surface area contributed by atoms with Crippen LogP contribution in [0.5, 0.6) is 5.75 Å². The number of likely N-dealkylation sites (tertiary alicyclic amines) is 1. The lowest BCUT2D eigenvalue weighted by Gasteiger charge is -2.28. The molecule has 0 aromatic heterocycles. The van der Waals surface area contributed by atoms with Crippen LogP contribution in [0.15, 0.2) is 24.3 Å². The fraction of sp³-hybridized carbons (Fsp3) is 0.697. The van der Waals surface area contributed by atoms with Gasteiger partial charge in [-0.25, -0.2) is 0 Å². The van der Waals surface area contributed by atoms with Gasteiger partial charge in [0.1, 0.15) is 17.1 Å². The van der Waals surface area contributed by atoms with Crippen LogP contribution in [0.2, 0.25) is 0 Å². The van der Waals surface area contributed by atoms with Gasteiger partial charge in [0, 0.05) is 43.1 Å². The highest BCUT2D eigenvalue weighted by Crippen LogP contribution is 2.37. The Kier molecular flexibility index (Phi) is 11.6. The molecule has 3 aliphatic rings. The zero-order valence-electron chi connectivity index (χ0n) is 25.4. The van der Waals surface area contributed by atoms with Crippen LogP contribution in [0.3, 0.4) is 0 Å². The summed E-state index contributed by atoms with van der Waals surface area (Å²) in [5.41, 5.74) is 0.0728. The molecule has 4 rings (SSSR count). The summed E-state index contributed by atoms with van der Waals surface area (Å²) in [6.07, 6.45) is 7.34. The van der Waals surface area contributed by atoms with Crippen LogP contribution in [0.1, 0.15) is 77.2 Å². The van der Waals surface area contributed by atoms with Crippen molar-refractivity contribution >= 4 is 34.9 Å². The number of nitrogens with zero attached hydrogens (tertiary/aromatic N) is 1. The second kappa shape index (κ2) is 14.9. The monoisotopic (exact) mass is 602 g/mol. The Morgan fingerprint density at radius 3 is 2.31 bits per heavy atom. The van der Waals surface area contributed by atoms with Crippen LogP contribution in [0.25, 0.3) is 0 Å². The molecule has 2 aliphatic heterocycles. The lowest BCUT2D eigenvalue weighted by Crippen LogP contribution is -2.46. The van der Waals surface area contributed by atoms with E-state index in [0.717, 1.165) is 57.2 Å². The Morgan fingerprint density at radius 1 is 1.07 bits per heavy atom. The number of epoxide rings is 1. The summed E-state index contributed by atoms with van der Waals surface area (Å²) in [7, 11) is 1.59. The first kappa shape index (κ1) is 32.6. The molecule has 42 heavy (non-hydrogen) atoms. The second-order valence-electron chi connectivity index (χ2n) is 12.8. The number of carbonyl (C=O) groups is 4. The van der Waals surface area contributed by atoms with Crippen LogP contribution in [-0.2, 0) is 30.3 Å². The number of ketones is 3. The van der Waals surface area contributed by atoms with E-state index in [1.165, 1.54) is 0 Å². The molecule has 3 fully saturated rings. The molecule has 232 valence electrons. The van der Waals surface area contributed by atoms with Crippen molar-refractivity contribution in [2.24, 2.45) is 17.8 Å². The van der Waals surface area contributed by atoms with Crippen molar-refractivity contribution in [2.75, 3.05) is 33.4 Å². The van der Waals surface area contributed by atoms with Crippen molar-refractivity contribution < 1.29 is 28.7 Å². The molecule has 1 amide bonds. The van der Waals surface area contributed by atoms with E-state index in [2.05, 4.69) is 10.2 Å². The number of rotatable bonds is 16. The average molecular weight is 603 g/mol. The van der Waals surface area contributed by atoms with E-state index < -0.39 is 23.5 Å². The maximum atomic E-state index is 13.9. The van der Waals surface area contributed by atoms with Gasteiger partial charge in [-0.3, -0.25) is 24.1 Å². The summed E-state index contributed by atoms with van der Waals surface area (Å²) in [4.78, 5) is 55.5. The molecule has 0 bridgehead atoms. The highest BCUT2D eigenvalue weighted by molar-refractivity contribution is 6.20. The van der Waals surface area contributed by atoms with Crippen molar-refractivity contribution in [3.8, 4) is 5.75 Å². The third kappa shape index (κ3) is 9.35. The van der Waals surface area contributed by atoms with Gasteiger partial charge in [-0.2, -0.15) is 0 Å². The molecule has 1 aromatic rings. The molecular weight excluding hydrogens is 556 g/mol. The van der Waals surface area contributed by atoms with Gasteiger partial charge >= 0.3 is 0 Å². The van der Waals surface area contributed by atoms with Crippen molar-refractivity contribution in [3.05, 3.63) is 29.8 Å². The number of benzene rings is 1. The third-order valence-corrected chi connectivity index (χ3v) is 9.65. The molecule has 1 aliphatic carbocycles. The van der Waals surface area contributed by atoms with Gasteiger partial charge in [-0.15, -0.1) is 11.6 Å². The molecule has 1 aromatic carbocycles. The van der Waals surface area contributed by atoms with Crippen LogP contribution in [-0.4, -0.2) is 78.5 Å². The first-order valence-corrected chi connectivity index (χ1v) is 16.0. The summed E-state index contributed by atoms with van der Waals surface area (Å²) in [5.74, 6) is -0.368. The number of alkyl halides is 1. The smallest absolute Gasteiger partial charge is 0.223 e. The molecule has 2 saturated heterocycles. The Balaban J connectivity index is 1.42. The van der Waals surface area contributed by atoms with Gasteiger partial charge in [0.25, 0.3) is 0 Å². The standard InChI is InChI=1S/C33H47ClN2O6/c1-22(16-27(37)20-36-14-12-26(34)13-15-36)32(40)35-29(18-24-8-10-28(41-3)11-9-24)30(38)19-25(17-23-6-4-5-7-23)31(39)33(2)21-42-33/h8-11,22-23,25-26,29H,4-7,12-21H2,1-3H3,(H,35,40). The number of carbonyl (C=O) groups excluding carboxylic acids is 4. The Labute approximate surface area is 255 Å². The lowest BCUT2D eigenvalue weighted by atomic mass is 9.81. The number of ether oxygens (including phenoxy) is 2. The number of hydrogen-bond donors (Lipinski definition) is 1. The lowest BCUT2D eigenvalue weighted by molar-refractivity contribution is -0.134. The summed E-state index contributed by atoms with van der Waals surface area (Å²) in [6.45, 7) is 5.79. The van der Waals surface area contributed by atoms with Gasteiger partial charge in [0.05, 0.1) is 26.3 Å². The minimum Gasteiger partial charge on any atom is -0.497 e. The van der Waals surface area contributed by atoms with E-state index in [-0.39, 0.29) is 41.5 Å². The number of Topliss-reactive ketones (excluding diaryl/α,β-unsaturated/α-hetero) is 3. The highest BCUT2D eigenvalue weighted by Gasteiger charge is 2.50. The Morgan fingerprint density at radius 2 is 1.71 bits per heavy atom. The predicted molar refractivity (Wildman–Crippen MR) is 162 cm³/mol. The van der Waals surface area contributed by atoms with Crippen molar-refractivity contribution in [1.82, 2.24) is 10.2 Å². The topological polar surface area (TPSA) is 105 Å². The summed E-state index contributed by atoms with van der Waals surface area (Å²) in [6, 6.07) is 6.60. The minimum absolute atomic E-state index is 0.00334. The molecule has 0 spiro atoms. The number of hydrogen-bond acceptors (Lipinski definition) is 7. The molecule has 1 saturated carbocycles. The maximum Gasteiger partial charge on any atom is 0.223 e. The largest absolute Gasteiger partial charge is 0.497 e. The quantitative estimate of drug-likeness (QED) is 0.219. The fourth-order valence-corrected chi connectivity index (χ4v) is 6.56. The predicted octanol–water partition coefficient (Wildman–Crippen LogP) is 4.53. The zero-order chi connectivity index (χ0) is 30.3. The van der Waals surface area contributed by atoms with Gasteiger partial charge in [0.15, 0.2) is 11.6 Å². The first-order chi connectivity index (χ1) is 20.1. The molecule has 1 N–H and O–H groups in total. The average Bonchev–Trinajstić information content (AvgIpc) is 3.51. The molecule has 0 radical (unpaired) electrons. The van der Waals surface area contributed by atoms with Gasteiger partial charge in [-0.05, 0) is 56.2 Å². The number of piperidine rings is 1. The minimum atomic E-state index is -0.807. The Bertz CT molecular complexity index is 1090. The molecular formula is C33H47ClN2O6. The molecule has 2 heterocycles. The zero-order valence-corrected chi connectivity index (χ0v) is 26.1. The van der Waals surface area contributed by atoms with Crippen LogP contribution < -0.4 is 10.1 Å². The van der Waals surface area contributed by atoms with E-state index >= 15 is 0 Å². The van der Waals surface area contributed by atoms with E-state index in [9.17, 15) is 19.2 Å². The molecule has 9 heteroatoms. The van der Waals surface area contributed by atoms with E-state index in [4.69, 9.17) is 21.1 Å². The maximum absolute atomic E-state index is 13.9. The van der Waals surface area contributed by atoms with Crippen molar-refractivity contribution in [3.63, 3.8) is 0 Å². The number of methoxy groups -OCH3 is 1. The fourth-order valence-electron chi connectivity index (χ4n) is 6.36. The molecule has 4 atom stereocenters. The summed E-state index contributed by atoms with van der Waals surface area (Å²) in [5, 5.41) is 3.12. The SMILES string of the molecule is COc1ccc(CC(NC(=O)C(C)CC(=O)CN2CCC(Cl)CC2)C(=O)CC(CC2CCCC2)C(=O)C2(C)CO2)cc1. The Hall–Kier alpha value is -2.29. The van der Waals surface area contributed by atoms with Crippen LogP contribution >= 0.6 is 11.6 Å².